The van der Waals surface area contributed by atoms with Crippen LogP contribution in [-0.2, 0) is 0 Å². The molecule has 1 aromatic carbocycles. The van der Waals surface area contributed by atoms with Gasteiger partial charge >= 0.3 is 0 Å². The number of hydrogen-bond donors (Lipinski definition) is 3. The fraction of sp³-hybridized carbons (Fsp3) is 0.353. The topological polar surface area (TPSA) is 95.1 Å². The Bertz CT molecular complexity index is 735. The van der Waals surface area contributed by atoms with Crippen LogP contribution in [-0.4, -0.2) is 33.9 Å². The Hall–Kier alpha value is -2.47. The Kier molecular flexibility index (Phi) is 5.28. The maximum atomic E-state index is 12.2. The van der Waals surface area contributed by atoms with Crippen molar-refractivity contribution < 1.29 is 9.90 Å². The van der Waals surface area contributed by atoms with Crippen molar-refractivity contribution in [1.82, 2.24) is 15.5 Å². The summed E-state index contributed by atoms with van der Waals surface area (Å²) in [4.78, 5) is 24.0. The van der Waals surface area contributed by atoms with Crippen molar-refractivity contribution >= 4 is 5.91 Å². The summed E-state index contributed by atoms with van der Waals surface area (Å²) >= 11 is 0. The number of amides is 1. The minimum atomic E-state index is -0.656. The number of nitrogens with zero attached hydrogens (tertiary/aromatic N) is 1. The molecule has 1 unspecified atom stereocenters. The van der Waals surface area contributed by atoms with Crippen LogP contribution in [0.3, 0.4) is 0 Å². The van der Waals surface area contributed by atoms with Crippen LogP contribution in [0.1, 0.15) is 29.8 Å². The van der Waals surface area contributed by atoms with Crippen LogP contribution in [0.15, 0.2) is 35.1 Å². The number of carbonyl (C=O) groups is 1. The second kappa shape index (κ2) is 7.19. The van der Waals surface area contributed by atoms with Crippen molar-refractivity contribution in [1.29, 1.82) is 0 Å². The SMILES string of the molecule is Cc1ccc(-c2cc(C(=O)NCC(O)C(C)C)c(=O)[nH]n2)cc1. The molecule has 0 saturated heterocycles. The van der Waals surface area contributed by atoms with E-state index in [0.717, 1.165) is 11.1 Å². The second-order valence-electron chi connectivity index (χ2n) is 5.88. The van der Waals surface area contributed by atoms with Gasteiger partial charge in [-0.25, -0.2) is 5.10 Å². The molecule has 0 saturated carbocycles. The molecule has 23 heavy (non-hydrogen) atoms. The number of aryl methyl sites for hydroxylation is 1. The third-order valence-corrected chi connectivity index (χ3v) is 3.64. The van der Waals surface area contributed by atoms with E-state index in [1.807, 2.05) is 45.0 Å². The largest absolute Gasteiger partial charge is 0.391 e. The molecule has 2 aromatic rings. The van der Waals surface area contributed by atoms with E-state index in [2.05, 4.69) is 15.5 Å². The summed E-state index contributed by atoms with van der Waals surface area (Å²) in [6.45, 7) is 5.78. The van der Waals surface area contributed by atoms with Gasteiger partial charge in [0.2, 0.25) is 0 Å². The van der Waals surface area contributed by atoms with Gasteiger partial charge in [0.05, 0.1) is 11.8 Å². The van der Waals surface area contributed by atoms with Crippen LogP contribution in [0, 0.1) is 12.8 Å². The summed E-state index contributed by atoms with van der Waals surface area (Å²) in [5.41, 5.74) is 1.85. The molecule has 0 spiro atoms. The highest BCUT2D eigenvalue weighted by molar-refractivity contribution is 5.94. The molecule has 0 aliphatic rings. The average Bonchev–Trinajstić information content (AvgIpc) is 2.53. The van der Waals surface area contributed by atoms with Gasteiger partial charge in [-0.1, -0.05) is 43.7 Å². The van der Waals surface area contributed by atoms with Crippen LogP contribution in [0.2, 0.25) is 0 Å². The fourth-order valence-corrected chi connectivity index (χ4v) is 1.97. The van der Waals surface area contributed by atoms with E-state index >= 15 is 0 Å². The normalized spacial score (nSPS) is 12.2. The highest BCUT2D eigenvalue weighted by atomic mass is 16.3. The lowest BCUT2D eigenvalue weighted by Gasteiger charge is -2.14. The highest BCUT2D eigenvalue weighted by Crippen LogP contribution is 2.16. The van der Waals surface area contributed by atoms with E-state index in [0.29, 0.717) is 5.69 Å². The third kappa shape index (κ3) is 4.26. The predicted molar refractivity (Wildman–Crippen MR) is 88.2 cm³/mol. The molecule has 0 fully saturated rings. The Labute approximate surface area is 134 Å². The molecule has 0 aliphatic heterocycles. The Balaban J connectivity index is 2.22. The number of aliphatic hydroxyl groups is 1. The summed E-state index contributed by atoms with van der Waals surface area (Å²) in [6, 6.07) is 9.07. The van der Waals surface area contributed by atoms with Gasteiger partial charge in [0.25, 0.3) is 11.5 Å². The molecule has 0 bridgehead atoms. The van der Waals surface area contributed by atoms with Crippen molar-refractivity contribution in [3.8, 4) is 11.3 Å². The first-order chi connectivity index (χ1) is 10.9. The van der Waals surface area contributed by atoms with Crippen molar-refractivity contribution in [3.05, 3.63) is 51.8 Å². The van der Waals surface area contributed by atoms with Gasteiger partial charge in [-0.2, -0.15) is 5.10 Å². The number of nitrogens with one attached hydrogen (secondary N) is 2. The summed E-state index contributed by atoms with van der Waals surface area (Å²) < 4.78 is 0. The molecular formula is C17H21N3O3. The van der Waals surface area contributed by atoms with E-state index in [1.54, 1.807) is 0 Å². The van der Waals surface area contributed by atoms with Gasteiger partial charge in [0.15, 0.2) is 0 Å². The summed E-state index contributed by atoms with van der Waals surface area (Å²) in [7, 11) is 0. The first-order valence-corrected chi connectivity index (χ1v) is 7.51. The molecule has 1 aromatic heterocycles. The zero-order valence-electron chi connectivity index (χ0n) is 13.5. The van der Waals surface area contributed by atoms with Crippen molar-refractivity contribution in [2.45, 2.75) is 26.9 Å². The number of benzene rings is 1. The molecule has 1 heterocycles. The first kappa shape index (κ1) is 16.9. The Morgan fingerprint density at radius 3 is 2.57 bits per heavy atom. The molecule has 3 N–H and O–H groups in total. The number of H-pyrrole nitrogens is 1. The average molecular weight is 315 g/mol. The monoisotopic (exact) mass is 315 g/mol. The number of aromatic amines is 1. The zero-order valence-corrected chi connectivity index (χ0v) is 13.5. The van der Waals surface area contributed by atoms with Gasteiger partial charge in [-0.05, 0) is 18.9 Å². The standard InChI is InChI=1S/C17H21N3O3/c1-10(2)15(21)9-18-16(22)13-8-14(19-20-17(13)23)12-6-4-11(3)5-7-12/h4-8,10,15,21H,9H2,1-3H3,(H,18,22)(H,20,23). The molecule has 122 valence electrons. The number of rotatable bonds is 5. The molecule has 2 rings (SSSR count). The molecule has 1 atom stereocenters. The number of aliphatic hydroxyl groups excluding tert-OH is 1. The van der Waals surface area contributed by atoms with Crippen LogP contribution in [0.25, 0.3) is 11.3 Å². The van der Waals surface area contributed by atoms with Crippen molar-refractivity contribution in [2.75, 3.05) is 6.54 Å². The van der Waals surface area contributed by atoms with Gasteiger partial charge in [-0.3, -0.25) is 9.59 Å². The van der Waals surface area contributed by atoms with Crippen LogP contribution in [0.5, 0.6) is 0 Å². The summed E-state index contributed by atoms with van der Waals surface area (Å²) in [6.07, 6.45) is -0.656. The third-order valence-electron chi connectivity index (χ3n) is 3.64. The summed E-state index contributed by atoms with van der Waals surface area (Å²) in [5, 5.41) is 18.6. The molecule has 0 radical (unpaired) electrons. The van der Waals surface area contributed by atoms with Gasteiger partial charge < -0.3 is 10.4 Å². The smallest absolute Gasteiger partial charge is 0.277 e. The fourth-order valence-electron chi connectivity index (χ4n) is 1.97. The lowest BCUT2D eigenvalue weighted by atomic mass is 10.1. The quantitative estimate of drug-likeness (QED) is 0.779. The molecule has 0 aliphatic carbocycles. The van der Waals surface area contributed by atoms with E-state index in [1.165, 1.54) is 6.07 Å². The molecular weight excluding hydrogens is 294 g/mol. The minimum Gasteiger partial charge on any atom is -0.391 e. The van der Waals surface area contributed by atoms with Crippen molar-refractivity contribution in [2.24, 2.45) is 5.92 Å². The minimum absolute atomic E-state index is 0.0217. The lowest BCUT2D eigenvalue weighted by molar-refractivity contribution is 0.0870. The zero-order chi connectivity index (χ0) is 17.0. The number of carbonyl (C=O) groups excluding carboxylic acids is 1. The second-order valence-corrected chi connectivity index (χ2v) is 5.88. The van der Waals surface area contributed by atoms with Crippen LogP contribution >= 0.6 is 0 Å². The lowest BCUT2D eigenvalue weighted by Crippen LogP contribution is -2.37. The highest BCUT2D eigenvalue weighted by Gasteiger charge is 2.15. The van der Waals surface area contributed by atoms with Crippen molar-refractivity contribution in [3.63, 3.8) is 0 Å². The molecule has 6 nitrogen and oxygen atoms in total. The van der Waals surface area contributed by atoms with E-state index in [4.69, 9.17) is 0 Å². The van der Waals surface area contributed by atoms with E-state index < -0.39 is 17.6 Å². The maximum Gasteiger partial charge on any atom is 0.277 e. The predicted octanol–water partition coefficient (Wildman–Crippen LogP) is 1.49. The molecule has 6 heteroatoms. The number of hydrogen-bond acceptors (Lipinski definition) is 4. The van der Waals surface area contributed by atoms with Crippen LogP contribution < -0.4 is 10.9 Å². The summed E-state index contributed by atoms with van der Waals surface area (Å²) in [5.74, 6) is -0.504. The maximum absolute atomic E-state index is 12.2. The van der Waals surface area contributed by atoms with Gasteiger partial charge in [0, 0.05) is 12.1 Å². The van der Waals surface area contributed by atoms with E-state index in [-0.39, 0.29) is 18.0 Å². The molecule has 1 amide bonds. The van der Waals surface area contributed by atoms with Gasteiger partial charge in [0.1, 0.15) is 5.56 Å². The van der Waals surface area contributed by atoms with Gasteiger partial charge in [-0.15, -0.1) is 0 Å². The Morgan fingerprint density at radius 2 is 1.96 bits per heavy atom. The van der Waals surface area contributed by atoms with E-state index in [9.17, 15) is 14.7 Å². The first-order valence-electron chi connectivity index (χ1n) is 7.51. The van der Waals surface area contributed by atoms with Crippen LogP contribution in [0.4, 0.5) is 0 Å². The Morgan fingerprint density at radius 1 is 1.30 bits per heavy atom. The number of aromatic nitrogens is 2.